The van der Waals surface area contributed by atoms with Crippen LogP contribution in [0.5, 0.6) is 0 Å². The molecule has 0 radical (unpaired) electrons. The summed E-state index contributed by atoms with van der Waals surface area (Å²) in [6, 6.07) is 0. The molecule has 0 aliphatic rings. The van der Waals surface area contributed by atoms with Gasteiger partial charge < -0.3 is 10.1 Å². The Kier molecular flexibility index (Phi) is 13.0. The van der Waals surface area contributed by atoms with Crippen LogP contribution in [-0.4, -0.2) is 26.2 Å². The summed E-state index contributed by atoms with van der Waals surface area (Å²) >= 11 is 0. The highest BCUT2D eigenvalue weighted by Crippen LogP contribution is 2.11. The van der Waals surface area contributed by atoms with Crippen molar-refractivity contribution in [2.45, 2.75) is 70.8 Å². The van der Waals surface area contributed by atoms with Crippen molar-refractivity contribution in [1.82, 2.24) is 5.32 Å². The van der Waals surface area contributed by atoms with E-state index in [4.69, 9.17) is 4.74 Å². The molecule has 0 aliphatic heterocycles. The van der Waals surface area contributed by atoms with E-state index in [1.54, 1.807) is 7.11 Å². The Morgan fingerprint density at radius 2 is 1.65 bits per heavy atom. The standard InChI is InChI=1S/C14H29NO2/c1-3-4-5-6-7-8-9-10-11-14(17-2)12-15-13-16/h13-14H,3-12H2,1-2H3,(H,15,16). The first kappa shape index (κ1) is 16.4. The molecule has 0 bridgehead atoms. The van der Waals surface area contributed by atoms with Gasteiger partial charge in [0.15, 0.2) is 0 Å². The van der Waals surface area contributed by atoms with E-state index in [0.717, 1.165) is 12.8 Å². The van der Waals surface area contributed by atoms with Crippen LogP contribution in [0.1, 0.15) is 64.7 Å². The molecule has 17 heavy (non-hydrogen) atoms. The van der Waals surface area contributed by atoms with Crippen LogP contribution in [0.3, 0.4) is 0 Å². The third kappa shape index (κ3) is 11.7. The lowest BCUT2D eigenvalue weighted by atomic mass is 10.1. The zero-order valence-electron chi connectivity index (χ0n) is 11.5. The average molecular weight is 243 g/mol. The average Bonchev–Trinajstić information content (AvgIpc) is 2.36. The van der Waals surface area contributed by atoms with Crippen molar-refractivity contribution in [3.05, 3.63) is 0 Å². The zero-order chi connectivity index (χ0) is 12.8. The second-order valence-electron chi connectivity index (χ2n) is 4.65. The third-order valence-electron chi connectivity index (χ3n) is 3.14. The van der Waals surface area contributed by atoms with Crippen molar-refractivity contribution in [2.24, 2.45) is 0 Å². The molecular formula is C14H29NO2. The van der Waals surface area contributed by atoms with Crippen molar-refractivity contribution in [3.8, 4) is 0 Å². The van der Waals surface area contributed by atoms with Gasteiger partial charge >= 0.3 is 0 Å². The summed E-state index contributed by atoms with van der Waals surface area (Å²) in [6.45, 7) is 2.88. The van der Waals surface area contributed by atoms with E-state index < -0.39 is 0 Å². The molecule has 0 aromatic carbocycles. The molecule has 3 heteroatoms. The molecule has 1 unspecified atom stereocenters. The molecule has 0 heterocycles. The first-order chi connectivity index (χ1) is 8.35. The Morgan fingerprint density at radius 1 is 1.06 bits per heavy atom. The molecule has 0 spiro atoms. The van der Waals surface area contributed by atoms with E-state index >= 15 is 0 Å². The summed E-state index contributed by atoms with van der Waals surface area (Å²) in [6.07, 6.45) is 12.6. The van der Waals surface area contributed by atoms with Gasteiger partial charge in [-0.1, -0.05) is 58.3 Å². The predicted molar refractivity (Wildman–Crippen MR) is 72.1 cm³/mol. The number of hydrogen-bond donors (Lipinski definition) is 1. The summed E-state index contributed by atoms with van der Waals surface area (Å²) in [5, 5.41) is 2.67. The Bertz CT molecular complexity index is 162. The minimum Gasteiger partial charge on any atom is -0.380 e. The highest BCUT2D eigenvalue weighted by atomic mass is 16.5. The number of unbranched alkanes of at least 4 members (excludes halogenated alkanes) is 7. The number of methoxy groups -OCH3 is 1. The van der Waals surface area contributed by atoms with Crippen LogP contribution in [0, 0.1) is 0 Å². The monoisotopic (exact) mass is 243 g/mol. The molecule has 1 N–H and O–H groups in total. The molecule has 0 saturated carbocycles. The van der Waals surface area contributed by atoms with Crippen LogP contribution in [-0.2, 0) is 9.53 Å². The van der Waals surface area contributed by atoms with Gasteiger partial charge in [0.2, 0.25) is 6.41 Å². The number of carbonyl (C=O) groups is 1. The maximum Gasteiger partial charge on any atom is 0.207 e. The Morgan fingerprint density at radius 3 is 2.18 bits per heavy atom. The van der Waals surface area contributed by atoms with Gasteiger partial charge in [-0.05, 0) is 6.42 Å². The smallest absolute Gasteiger partial charge is 0.207 e. The maximum absolute atomic E-state index is 10.2. The topological polar surface area (TPSA) is 38.3 Å². The van der Waals surface area contributed by atoms with Gasteiger partial charge in [-0.15, -0.1) is 0 Å². The van der Waals surface area contributed by atoms with Crippen LogP contribution < -0.4 is 5.32 Å². The lowest BCUT2D eigenvalue weighted by Gasteiger charge is -2.14. The van der Waals surface area contributed by atoms with E-state index in [-0.39, 0.29) is 6.10 Å². The quantitative estimate of drug-likeness (QED) is 0.398. The summed E-state index contributed by atoms with van der Waals surface area (Å²) in [4.78, 5) is 10.2. The highest BCUT2D eigenvalue weighted by Gasteiger charge is 2.05. The van der Waals surface area contributed by atoms with Crippen LogP contribution in [0.4, 0.5) is 0 Å². The Hall–Kier alpha value is -0.570. The number of rotatable bonds is 13. The molecule has 0 rings (SSSR count). The van der Waals surface area contributed by atoms with Gasteiger partial charge in [0.05, 0.1) is 6.10 Å². The Labute approximate surface area is 106 Å². The first-order valence-electron chi connectivity index (χ1n) is 7.05. The van der Waals surface area contributed by atoms with E-state index in [1.807, 2.05) is 0 Å². The second-order valence-corrected chi connectivity index (χ2v) is 4.65. The normalized spacial score (nSPS) is 12.4. The largest absolute Gasteiger partial charge is 0.380 e. The SMILES string of the molecule is CCCCCCCCCCC(CNC=O)OC. The molecule has 0 aromatic rings. The molecule has 0 aliphatic carbocycles. The summed E-state index contributed by atoms with van der Waals surface area (Å²) in [5.41, 5.74) is 0. The van der Waals surface area contributed by atoms with E-state index in [1.165, 1.54) is 51.4 Å². The summed E-state index contributed by atoms with van der Waals surface area (Å²) in [5.74, 6) is 0. The molecule has 0 fully saturated rings. The van der Waals surface area contributed by atoms with Crippen molar-refractivity contribution in [2.75, 3.05) is 13.7 Å². The van der Waals surface area contributed by atoms with Gasteiger partial charge in [0.1, 0.15) is 0 Å². The number of hydrogen-bond acceptors (Lipinski definition) is 2. The van der Waals surface area contributed by atoms with Crippen LogP contribution in [0.2, 0.25) is 0 Å². The molecule has 3 nitrogen and oxygen atoms in total. The minimum absolute atomic E-state index is 0.181. The number of ether oxygens (including phenoxy) is 1. The van der Waals surface area contributed by atoms with Crippen molar-refractivity contribution < 1.29 is 9.53 Å². The van der Waals surface area contributed by atoms with E-state index in [9.17, 15) is 4.79 Å². The minimum atomic E-state index is 0.181. The summed E-state index contributed by atoms with van der Waals surface area (Å²) in [7, 11) is 1.71. The lowest BCUT2D eigenvalue weighted by molar-refractivity contribution is -0.110. The molecular weight excluding hydrogens is 214 g/mol. The predicted octanol–water partition coefficient (Wildman–Crippen LogP) is 3.28. The second kappa shape index (κ2) is 13.5. The third-order valence-corrected chi connectivity index (χ3v) is 3.14. The van der Waals surface area contributed by atoms with Crippen molar-refractivity contribution >= 4 is 6.41 Å². The van der Waals surface area contributed by atoms with E-state index in [0.29, 0.717) is 6.54 Å². The van der Waals surface area contributed by atoms with Gasteiger partial charge in [0.25, 0.3) is 0 Å². The van der Waals surface area contributed by atoms with Gasteiger partial charge in [-0.3, -0.25) is 4.79 Å². The van der Waals surface area contributed by atoms with E-state index in [2.05, 4.69) is 12.2 Å². The number of carbonyl (C=O) groups excluding carboxylic acids is 1. The highest BCUT2D eigenvalue weighted by molar-refractivity contribution is 5.45. The lowest BCUT2D eigenvalue weighted by Crippen LogP contribution is -2.27. The molecule has 0 saturated heterocycles. The number of amides is 1. The van der Waals surface area contributed by atoms with Gasteiger partial charge in [-0.25, -0.2) is 0 Å². The zero-order valence-corrected chi connectivity index (χ0v) is 11.5. The fraction of sp³-hybridized carbons (Fsp3) is 0.929. The molecule has 1 atom stereocenters. The molecule has 102 valence electrons. The summed E-state index contributed by atoms with van der Waals surface area (Å²) < 4.78 is 5.29. The van der Waals surface area contributed by atoms with Crippen LogP contribution in [0.15, 0.2) is 0 Å². The van der Waals surface area contributed by atoms with Crippen LogP contribution >= 0.6 is 0 Å². The van der Waals surface area contributed by atoms with Gasteiger partial charge in [-0.2, -0.15) is 0 Å². The molecule has 0 aromatic heterocycles. The number of nitrogens with one attached hydrogen (secondary N) is 1. The fourth-order valence-corrected chi connectivity index (χ4v) is 1.99. The molecule has 1 amide bonds. The maximum atomic E-state index is 10.2. The fourth-order valence-electron chi connectivity index (χ4n) is 1.99. The van der Waals surface area contributed by atoms with Crippen LogP contribution in [0.25, 0.3) is 0 Å². The van der Waals surface area contributed by atoms with Crippen molar-refractivity contribution in [1.29, 1.82) is 0 Å². The Balaban J connectivity index is 3.21. The first-order valence-corrected chi connectivity index (χ1v) is 7.05. The van der Waals surface area contributed by atoms with Gasteiger partial charge in [0, 0.05) is 13.7 Å². The van der Waals surface area contributed by atoms with Crippen molar-refractivity contribution in [3.63, 3.8) is 0 Å².